The molecule has 2 aromatic rings. The lowest BCUT2D eigenvalue weighted by molar-refractivity contribution is 0.298. The quantitative estimate of drug-likeness (QED) is 0.691. The number of hydrogen-bond donors (Lipinski definition) is 2. The zero-order chi connectivity index (χ0) is 15.8. The molecule has 0 radical (unpaired) electrons. The molecule has 0 aliphatic heterocycles. The number of nitrogens with two attached hydrogens (primary N) is 1. The van der Waals surface area contributed by atoms with Crippen molar-refractivity contribution < 1.29 is 9.15 Å². The summed E-state index contributed by atoms with van der Waals surface area (Å²) in [5, 5.41) is 3.20. The molecule has 2 aromatic heterocycles. The summed E-state index contributed by atoms with van der Waals surface area (Å²) in [6, 6.07) is 3.75. The number of ether oxygens (including phenoxy) is 1. The topological polar surface area (TPSA) is 86.2 Å². The molecule has 3 N–H and O–H groups in total. The van der Waals surface area contributed by atoms with Crippen molar-refractivity contribution in [1.29, 1.82) is 0 Å². The first-order chi connectivity index (χ1) is 10.7. The van der Waals surface area contributed by atoms with Crippen molar-refractivity contribution in [1.82, 2.24) is 9.97 Å². The van der Waals surface area contributed by atoms with Crippen molar-refractivity contribution in [2.24, 2.45) is 0 Å². The van der Waals surface area contributed by atoms with Crippen molar-refractivity contribution >= 4 is 11.5 Å². The maximum atomic E-state index is 6.13. The smallest absolute Gasteiger partial charge is 0.242 e. The van der Waals surface area contributed by atoms with Crippen LogP contribution in [0, 0.1) is 0 Å². The molecule has 0 bridgehead atoms. The van der Waals surface area contributed by atoms with Crippen LogP contribution in [-0.2, 0) is 13.0 Å². The molecule has 2 rings (SSSR count). The van der Waals surface area contributed by atoms with Crippen LogP contribution in [0.5, 0.6) is 5.88 Å². The highest BCUT2D eigenvalue weighted by atomic mass is 16.5. The SMILES string of the molecule is CCCCOc1nc(CCC)nc(NCc2ccco2)c1N. The molecule has 6 nitrogen and oxygen atoms in total. The molecule has 0 aromatic carbocycles. The van der Waals surface area contributed by atoms with Crippen LogP contribution in [0.15, 0.2) is 22.8 Å². The van der Waals surface area contributed by atoms with Gasteiger partial charge in [0.15, 0.2) is 5.82 Å². The van der Waals surface area contributed by atoms with Crippen molar-refractivity contribution in [2.75, 3.05) is 17.7 Å². The molecule has 6 heteroatoms. The molecular weight excluding hydrogens is 280 g/mol. The third kappa shape index (κ3) is 4.38. The molecule has 0 saturated heterocycles. The molecule has 2 heterocycles. The lowest BCUT2D eigenvalue weighted by atomic mass is 10.3. The van der Waals surface area contributed by atoms with Gasteiger partial charge in [0.2, 0.25) is 5.88 Å². The van der Waals surface area contributed by atoms with Crippen LogP contribution in [0.3, 0.4) is 0 Å². The lowest BCUT2D eigenvalue weighted by Crippen LogP contribution is -2.11. The van der Waals surface area contributed by atoms with E-state index in [0.29, 0.717) is 30.5 Å². The van der Waals surface area contributed by atoms with Crippen molar-refractivity contribution in [2.45, 2.75) is 46.1 Å². The molecule has 22 heavy (non-hydrogen) atoms. The number of hydrogen-bond acceptors (Lipinski definition) is 6. The average molecular weight is 304 g/mol. The van der Waals surface area contributed by atoms with Gasteiger partial charge in [0.1, 0.15) is 17.3 Å². The van der Waals surface area contributed by atoms with E-state index in [0.717, 1.165) is 37.3 Å². The van der Waals surface area contributed by atoms with Crippen molar-refractivity contribution in [3.63, 3.8) is 0 Å². The molecular formula is C16H24N4O2. The predicted molar refractivity (Wildman–Crippen MR) is 86.9 cm³/mol. The van der Waals surface area contributed by atoms with Gasteiger partial charge in [0.05, 0.1) is 19.4 Å². The normalized spacial score (nSPS) is 10.6. The standard InChI is InChI=1S/C16H24N4O2/c1-3-5-9-22-16-14(17)15(19-13(20-16)7-4-2)18-11-12-8-6-10-21-12/h6,8,10H,3-5,7,9,11,17H2,1-2H3,(H,18,19,20). The van der Waals surface area contributed by atoms with Gasteiger partial charge in [-0.15, -0.1) is 0 Å². The molecule has 0 saturated carbocycles. The van der Waals surface area contributed by atoms with E-state index in [2.05, 4.69) is 29.1 Å². The predicted octanol–water partition coefficient (Wildman–Crippen LogP) is 3.40. The molecule has 0 unspecified atom stereocenters. The minimum absolute atomic E-state index is 0.447. The number of anilines is 2. The number of aryl methyl sites for hydroxylation is 1. The van der Waals surface area contributed by atoms with Gasteiger partial charge in [-0.1, -0.05) is 20.3 Å². The number of furan rings is 1. The van der Waals surface area contributed by atoms with E-state index in [1.165, 1.54) is 0 Å². The Morgan fingerprint density at radius 2 is 2.14 bits per heavy atom. The maximum Gasteiger partial charge on any atom is 0.242 e. The van der Waals surface area contributed by atoms with Crippen LogP contribution in [0.25, 0.3) is 0 Å². The summed E-state index contributed by atoms with van der Waals surface area (Å²) >= 11 is 0. The zero-order valence-corrected chi connectivity index (χ0v) is 13.3. The molecule has 0 atom stereocenters. The first-order valence-corrected chi connectivity index (χ1v) is 7.80. The van der Waals surface area contributed by atoms with Crippen LogP contribution >= 0.6 is 0 Å². The fraction of sp³-hybridized carbons (Fsp3) is 0.500. The first kappa shape index (κ1) is 16.1. The highest BCUT2D eigenvalue weighted by molar-refractivity contribution is 5.66. The van der Waals surface area contributed by atoms with Gasteiger partial charge in [-0.2, -0.15) is 4.98 Å². The van der Waals surface area contributed by atoms with Gasteiger partial charge in [-0.25, -0.2) is 4.98 Å². The second-order valence-corrected chi connectivity index (χ2v) is 5.09. The van der Waals surface area contributed by atoms with Gasteiger partial charge in [0, 0.05) is 6.42 Å². The van der Waals surface area contributed by atoms with E-state index < -0.39 is 0 Å². The Labute approximate surface area is 131 Å². The summed E-state index contributed by atoms with van der Waals surface area (Å²) in [7, 11) is 0. The van der Waals surface area contributed by atoms with Gasteiger partial charge in [0.25, 0.3) is 0 Å². The number of nitrogens with one attached hydrogen (secondary N) is 1. The Balaban J connectivity index is 2.14. The number of unbranched alkanes of at least 4 members (excludes halogenated alkanes) is 1. The Morgan fingerprint density at radius 3 is 2.82 bits per heavy atom. The number of nitrogen functional groups attached to an aromatic ring is 1. The highest BCUT2D eigenvalue weighted by Gasteiger charge is 2.13. The van der Waals surface area contributed by atoms with Crippen LogP contribution in [0.4, 0.5) is 11.5 Å². The second-order valence-electron chi connectivity index (χ2n) is 5.09. The summed E-state index contributed by atoms with van der Waals surface area (Å²) in [5.74, 6) is 2.63. The molecule has 0 aliphatic carbocycles. The minimum atomic E-state index is 0.447. The summed E-state index contributed by atoms with van der Waals surface area (Å²) in [4.78, 5) is 8.90. The fourth-order valence-corrected chi connectivity index (χ4v) is 1.97. The Bertz CT molecular complexity index is 570. The van der Waals surface area contributed by atoms with Crippen molar-refractivity contribution in [3.8, 4) is 5.88 Å². The number of aromatic nitrogens is 2. The average Bonchev–Trinajstić information content (AvgIpc) is 3.02. The van der Waals surface area contributed by atoms with Gasteiger partial charge in [-0.3, -0.25) is 0 Å². The monoisotopic (exact) mass is 304 g/mol. The fourth-order valence-electron chi connectivity index (χ4n) is 1.97. The maximum absolute atomic E-state index is 6.13. The molecule has 0 amide bonds. The van der Waals surface area contributed by atoms with E-state index in [1.54, 1.807) is 6.26 Å². The second kappa shape index (κ2) is 8.26. The van der Waals surface area contributed by atoms with E-state index >= 15 is 0 Å². The van der Waals surface area contributed by atoms with Gasteiger partial charge in [-0.05, 0) is 25.0 Å². The lowest BCUT2D eigenvalue weighted by Gasteiger charge is -2.13. The van der Waals surface area contributed by atoms with Crippen LogP contribution in [0.2, 0.25) is 0 Å². The summed E-state index contributed by atoms with van der Waals surface area (Å²) in [6.07, 6.45) is 5.44. The molecule has 0 spiro atoms. The van der Waals surface area contributed by atoms with Crippen molar-refractivity contribution in [3.05, 3.63) is 30.0 Å². The zero-order valence-electron chi connectivity index (χ0n) is 13.3. The Kier molecular flexibility index (Phi) is 6.06. The molecule has 0 fully saturated rings. The minimum Gasteiger partial charge on any atom is -0.476 e. The van der Waals surface area contributed by atoms with E-state index in [4.69, 9.17) is 14.9 Å². The Hall–Kier alpha value is -2.24. The highest BCUT2D eigenvalue weighted by Crippen LogP contribution is 2.27. The Morgan fingerprint density at radius 1 is 1.27 bits per heavy atom. The number of rotatable bonds is 9. The summed E-state index contributed by atoms with van der Waals surface area (Å²) in [5.41, 5.74) is 6.57. The molecule has 120 valence electrons. The third-order valence-corrected chi connectivity index (χ3v) is 3.18. The van der Waals surface area contributed by atoms with E-state index in [-0.39, 0.29) is 0 Å². The van der Waals surface area contributed by atoms with E-state index in [1.807, 2.05) is 12.1 Å². The van der Waals surface area contributed by atoms with Crippen LogP contribution < -0.4 is 15.8 Å². The summed E-state index contributed by atoms with van der Waals surface area (Å²) in [6.45, 7) is 5.34. The number of nitrogens with zero attached hydrogens (tertiary/aromatic N) is 2. The van der Waals surface area contributed by atoms with Gasteiger partial charge < -0.3 is 20.2 Å². The van der Waals surface area contributed by atoms with Crippen LogP contribution in [0.1, 0.15) is 44.7 Å². The van der Waals surface area contributed by atoms with Gasteiger partial charge >= 0.3 is 0 Å². The van der Waals surface area contributed by atoms with Crippen LogP contribution in [-0.4, -0.2) is 16.6 Å². The summed E-state index contributed by atoms with van der Waals surface area (Å²) < 4.78 is 11.0. The largest absolute Gasteiger partial charge is 0.476 e. The first-order valence-electron chi connectivity index (χ1n) is 7.80. The third-order valence-electron chi connectivity index (χ3n) is 3.18. The molecule has 0 aliphatic rings. The van der Waals surface area contributed by atoms with E-state index in [9.17, 15) is 0 Å².